The van der Waals surface area contributed by atoms with Crippen LogP contribution in [0, 0.1) is 0 Å². The summed E-state index contributed by atoms with van der Waals surface area (Å²) in [6.07, 6.45) is 0. The lowest BCUT2D eigenvalue weighted by atomic mass is 10.1. The van der Waals surface area contributed by atoms with E-state index in [4.69, 9.17) is 15.2 Å². The second kappa shape index (κ2) is 6.78. The zero-order valence-electron chi connectivity index (χ0n) is 12.9. The van der Waals surface area contributed by atoms with E-state index in [-0.39, 0.29) is 5.78 Å². The molecule has 1 aliphatic rings. The number of ketones is 1. The number of rotatable bonds is 5. The maximum atomic E-state index is 12.5. The van der Waals surface area contributed by atoms with Crippen LogP contribution in [0.4, 0.5) is 5.69 Å². The van der Waals surface area contributed by atoms with Gasteiger partial charge in [-0.05, 0) is 13.1 Å². The summed E-state index contributed by atoms with van der Waals surface area (Å²) in [5, 5.41) is 0. The van der Waals surface area contributed by atoms with E-state index < -0.39 is 0 Å². The summed E-state index contributed by atoms with van der Waals surface area (Å²) in [6.45, 7) is 4.14. The third-order valence-corrected chi connectivity index (χ3v) is 3.82. The van der Waals surface area contributed by atoms with Gasteiger partial charge < -0.3 is 20.1 Å². The van der Waals surface area contributed by atoms with Gasteiger partial charge in [-0.25, -0.2) is 0 Å². The molecule has 1 saturated heterocycles. The molecule has 0 aromatic heterocycles. The summed E-state index contributed by atoms with van der Waals surface area (Å²) in [7, 11) is 5.18. The fourth-order valence-electron chi connectivity index (χ4n) is 2.43. The Balaban J connectivity index is 2.11. The Labute approximate surface area is 125 Å². The van der Waals surface area contributed by atoms with Crippen LogP contribution in [0.15, 0.2) is 12.1 Å². The quantitative estimate of drug-likeness (QED) is 0.637. The van der Waals surface area contributed by atoms with Crippen molar-refractivity contribution in [3.63, 3.8) is 0 Å². The van der Waals surface area contributed by atoms with Crippen LogP contribution < -0.4 is 15.2 Å². The average molecular weight is 293 g/mol. The molecule has 1 aromatic rings. The molecule has 1 aliphatic heterocycles. The normalized spacial score (nSPS) is 16.7. The van der Waals surface area contributed by atoms with Crippen molar-refractivity contribution in [2.75, 3.05) is 59.7 Å². The van der Waals surface area contributed by atoms with Gasteiger partial charge in [-0.3, -0.25) is 9.69 Å². The number of piperazine rings is 1. The van der Waals surface area contributed by atoms with Gasteiger partial charge in [0, 0.05) is 43.5 Å². The average Bonchev–Trinajstić information content (AvgIpc) is 2.49. The number of carbonyl (C=O) groups is 1. The molecular formula is C15H23N3O3. The highest BCUT2D eigenvalue weighted by Crippen LogP contribution is 2.32. The third kappa shape index (κ3) is 3.65. The Morgan fingerprint density at radius 1 is 1.14 bits per heavy atom. The number of hydrogen-bond donors (Lipinski definition) is 1. The summed E-state index contributed by atoms with van der Waals surface area (Å²) < 4.78 is 10.4. The third-order valence-electron chi connectivity index (χ3n) is 3.82. The van der Waals surface area contributed by atoms with Gasteiger partial charge in [0.1, 0.15) is 0 Å². The molecule has 6 nitrogen and oxygen atoms in total. The van der Waals surface area contributed by atoms with Crippen molar-refractivity contribution < 1.29 is 14.3 Å². The first-order valence-electron chi connectivity index (χ1n) is 7.00. The fourth-order valence-corrected chi connectivity index (χ4v) is 2.43. The molecular weight excluding hydrogens is 270 g/mol. The minimum atomic E-state index is 0.0120. The zero-order chi connectivity index (χ0) is 15.4. The number of likely N-dealkylation sites (N-methyl/N-ethyl adjacent to an activating group) is 1. The SMILES string of the molecule is COc1cc(N)c(C(=O)CN2CCN(C)CC2)cc1OC. The van der Waals surface area contributed by atoms with Gasteiger partial charge >= 0.3 is 0 Å². The molecule has 1 heterocycles. The van der Waals surface area contributed by atoms with Gasteiger partial charge in [-0.1, -0.05) is 0 Å². The van der Waals surface area contributed by atoms with E-state index in [1.807, 2.05) is 0 Å². The molecule has 0 radical (unpaired) electrons. The number of Topliss-reactive ketones (excluding diaryl/α,β-unsaturated/α-hetero) is 1. The number of nitrogen functional groups attached to an aromatic ring is 1. The second-order valence-corrected chi connectivity index (χ2v) is 5.30. The van der Waals surface area contributed by atoms with Crippen molar-refractivity contribution >= 4 is 11.5 Å². The van der Waals surface area contributed by atoms with E-state index in [0.717, 1.165) is 26.2 Å². The van der Waals surface area contributed by atoms with E-state index >= 15 is 0 Å². The lowest BCUT2D eigenvalue weighted by molar-refractivity contribution is 0.0877. The van der Waals surface area contributed by atoms with Crippen molar-refractivity contribution in [1.82, 2.24) is 9.80 Å². The van der Waals surface area contributed by atoms with E-state index in [1.54, 1.807) is 26.4 Å². The number of nitrogens with two attached hydrogens (primary N) is 1. The molecule has 1 fully saturated rings. The molecule has 2 N–H and O–H groups in total. The number of carbonyl (C=O) groups excluding carboxylic acids is 1. The van der Waals surface area contributed by atoms with Crippen molar-refractivity contribution in [3.05, 3.63) is 17.7 Å². The largest absolute Gasteiger partial charge is 0.493 e. The zero-order valence-corrected chi connectivity index (χ0v) is 12.9. The highest BCUT2D eigenvalue weighted by Gasteiger charge is 2.20. The molecule has 6 heteroatoms. The van der Waals surface area contributed by atoms with E-state index in [1.165, 1.54) is 0 Å². The van der Waals surface area contributed by atoms with E-state index in [0.29, 0.717) is 29.3 Å². The van der Waals surface area contributed by atoms with Crippen LogP contribution in [0.2, 0.25) is 0 Å². The first kappa shape index (κ1) is 15.6. The molecule has 0 spiro atoms. The second-order valence-electron chi connectivity index (χ2n) is 5.30. The first-order chi connectivity index (χ1) is 10.0. The van der Waals surface area contributed by atoms with Crippen LogP contribution in [-0.2, 0) is 0 Å². The Hall–Kier alpha value is -1.79. The van der Waals surface area contributed by atoms with E-state index in [9.17, 15) is 4.79 Å². The van der Waals surface area contributed by atoms with Crippen molar-refractivity contribution in [2.24, 2.45) is 0 Å². The van der Waals surface area contributed by atoms with E-state index in [2.05, 4.69) is 16.8 Å². The summed E-state index contributed by atoms with van der Waals surface area (Å²) in [5.41, 5.74) is 6.88. The van der Waals surface area contributed by atoms with Gasteiger partial charge in [0.25, 0.3) is 0 Å². The lowest BCUT2D eigenvalue weighted by Gasteiger charge is -2.31. The predicted octanol–water partition coefficient (Wildman–Crippen LogP) is 0.716. The highest BCUT2D eigenvalue weighted by atomic mass is 16.5. The number of benzene rings is 1. The summed E-state index contributed by atoms with van der Waals surface area (Å²) >= 11 is 0. The van der Waals surface area contributed by atoms with Gasteiger partial charge in [0.2, 0.25) is 0 Å². The molecule has 116 valence electrons. The molecule has 0 unspecified atom stereocenters. The number of anilines is 1. The van der Waals surface area contributed by atoms with Crippen LogP contribution >= 0.6 is 0 Å². The number of nitrogens with zero attached hydrogens (tertiary/aromatic N) is 2. The molecule has 1 aromatic carbocycles. The monoisotopic (exact) mass is 293 g/mol. The Morgan fingerprint density at radius 3 is 2.29 bits per heavy atom. The summed E-state index contributed by atoms with van der Waals surface area (Å²) in [6, 6.07) is 3.29. The summed E-state index contributed by atoms with van der Waals surface area (Å²) in [4.78, 5) is 16.9. The predicted molar refractivity (Wildman–Crippen MR) is 82.2 cm³/mol. The van der Waals surface area contributed by atoms with Gasteiger partial charge in [-0.2, -0.15) is 0 Å². The number of ether oxygens (including phenoxy) is 2. The standard InChI is InChI=1S/C15H23N3O3/c1-17-4-6-18(7-5-17)10-13(19)11-8-14(20-2)15(21-3)9-12(11)16/h8-9H,4-7,10,16H2,1-3H3. The van der Waals surface area contributed by atoms with Gasteiger partial charge in [0.15, 0.2) is 17.3 Å². The molecule has 0 bridgehead atoms. The fraction of sp³-hybridized carbons (Fsp3) is 0.533. The van der Waals surface area contributed by atoms with Crippen LogP contribution in [0.25, 0.3) is 0 Å². The maximum absolute atomic E-state index is 12.5. The lowest BCUT2D eigenvalue weighted by Crippen LogP contribution is -2.46. The topological polar surface area (TPSA) is 68.0 Å². The number of methoxy groups -OCH3 is 2. The Bertz CT molecular complexity index is 511. The van der Waals surface area contributed by atoms with Crippen molar-refractivity contribution in [1.29, 1.82) is 0 Å². The van der Waals surface area contributed by atoms with Crippen LogP contribution in [-0.4, -0.2) is 69.6 Å². The highest BCUT2D eigenvalue weighted by molar-refractivity contribution is 6.02. The molecule has 0 aliphatic carbocycles. The van der Waals surface area contributed by atoms with Crippen LogP contribution in [0.1, 0.15) is 10.4 Å². The van der Waals surface area contributed by atoms with Crippen LogP contribution in [0.3, 0.4) is 0 Å². The minimum Gasteiger partial charge on any atom is -0.493 e. The first-order valence-corrected chi connectivity index (χ1v) is 7.00. The smallest absolute Gasteiger partial charge is 0.179 e. The van der Waals surface area contributed by atoms with Gasteiger partial charge in [-0.15, -0.1) is 0 Å². The van der Waals surface area contributed by atoms with Crippen molar-refractivity contribution in [3.8, 4) is 11.5 Å². The molecule has 0 amide bonds. The van der Waals surface area contributed by atoms with Gasteiger partial charge in [0.05, 0.1) is 20.8 Å². The minimum absolute atomic E-state index is 0.0120. The number of hydrogen-bond acceptors (Lipinski definition) is 6. The Kier molecular flexibility index (Phi) is 5.03. The molecule has 21 heavy (non-hydrogen) atoms. The maximum Gasteiger partial charge on any atom is 0.179 e. The van der Waals surface area contributed by atoms with Crippen LogP contribution in [0.5, 0.6) is 11.5 Å². The molecule has 0 saturated carbocycles. The van der Waals surface area contributed by atoms with Crippen molar-refractivity contribution in [2.45, 2.75) is 0 Å². The molecule has 2 rings (SSSR count). The molecule has 0 atom stereocenters. The Morgan fingerprint density at radius 2 is 1.71 bits per heavy atom. The summed E-state index contributed by atoms with van der Waals surface area (Å²) in [5.74, 6) is 1.07.